The van der Waals surface area contributed by atoms with Gasteiger partial charge in [-0.1, -0.05) is 31.2 Å². The predicted molar refractivity (Wildman–Crippen MR) is 95.1 cm³/mol. The third kappa shape index (κ3) is 3.61. The molecule has 0 fully saturated rings. The SMILES string of the molecule is CCc1ccc(C(=O)COC(=O)Cc2c(C)nc3ncnn3c2C)cc1. The molecule has 0 saturated heterocycles. The fourth-order valence-electron chi connectivity index (χ4n) is 2.76. The number of esters is 1. The molecule has 0 N–H and O–H groups in total. The molecule has 0 radical (unpaired) electrons. The van der Waals surface area contributed by atoms with Gasteiger partial charge in [-0.15, -0.1) is 0 Å². The molecule has 7 heteroatoms. The number of nitrogens with zero attached hydrogens (tertiary/aromatic N) is 4. The second-order valence-electron chi connectivity index (χ2n) is 6.04. The lowest BCUT2D eigenvalue weighted by atomic mass is 10.1. The molecule has 0 bridgehead atoms. The van der Waals surface area contributed by atoms with Crippen LogP contribution >= 0.6 is 0 Å². The molecule has 0 amide bonds. The van der Waals surface area contributed by atoms with Crippen LogP contribution in [0.5, 0.6) is 0 Å². The van der Waals surface area contributed by atoms with E-state index in [9.17, 15) is 9.59 Å². The molecule has 0 spiro atoms. The Kier molecular flexibility index (Phi) is 5.06. The van der Waals surface area contributed by atoms with Crippen LogP contribution in [-0.2, 0) is 22.4 Å². The van der Waals surface area contributed by atoms with Crippen molar-refractivity contribution in [3.8, 4) is 0 Å². The zero-order chi connectivity index (χ0) is 18.7. The van der Waals surface area contributed by atoms with Gasteiger partial charge >= 0.3 is 5.97 Å². The molecule has 0 atom stereocenters. The first kappa shape index (κ1) is 17.7. The van der Waals surface area contributed by atoms with Crippen LogP contribution in [0.15, 0.2) is 30.6 Å². The molecule has 3 aromatic rings. The second kappa shape index (κ2) is 7.43. The Hall–Kier alpha value is -3.09. The van der Waals surface area contributed by atoms with Crippen molar-refractivity contribution < 1.29 is 14.3 Å². The van der Waals surface area contributed by atoms with Crippen molar-refractivity contribution in [2.45, 2.75) is 33.6 Å². The summed E-state index contributed by atoms with van der Waals surface area (Å²) in [6.45, 7) is 5.43. The number of hydrogen-bond acceptors (Lipinski definition) is 6. The zero-order valence-electron chi connectivity index (χ0n) is 15.0. The predicted octanol–water partition coefficient (Wildman–Crippen LogP) is 2.27. The first-order valence-electron chi connectivity index (χ1n) is 8.43. The summed E-state index contributed by atoms with van der Waals surface area (Å²) in [5.41, 5.74) is 3.89. The number of carbonyl (C=O) groups is 2. The summed E-state index contributed by atoms with van der Waals surface area (Å²) in [6.07, 6.45) is 2.36. The highest BCUT2D eigenvalue weighted by molar-refractivity contribution is 5.98. The highest BCUT2D eigenvalue weighted by atomic mass is 16.5. The zero-order valence-corrected chi connectivity index (χ0v) is 15.0. The Morgan fingerprint density at radius 1 is 1.15 bits per heavy atom. The third-order valence-electron chi connectivity index (χ3n) is 4.36. The summed E-state index contributed by atoms with van der Waals surface area (Å²) < 4.78 is 6.74. The van der Waals surface area contributed by atoms with Crippen molar-refractivity contribution >= 4 is 17.5 Å². The smallest absolute Gasteiger partial charge is 0.310 e. The van der Waals surface area contributed by atoms with Crippen molar-refractivity contribution in [1.29, 1.82) is 0 Å². The first-order chi connectivity index (χ1) is 12.5. The number of rotatable bonds is 6. The molecule has 2 heterocycles. The lowest BCUT2D eigenvalue weighted by Gasteiger charge is -2.10. The van der Waals surface area contributed by atoms with Gasteiger partial charge in [0.1, 0.15) is 6.33 Å². The molecule has 0 aliphatic carbocycles. The van der Waals surface area contributed by atoms with Gasteiger partial charge in [-0.05, 0) is 25.8 Å². The Morgan fingerprint density at radius 3 is 2.58 bits per heavy atom. The van der Waals surface area contributed by atoms with Crippen LogP contribution in [0.2, 0.25) is 0 Å². The average molecular weight is 352 g/mol. The van der Waals surface area contributed by atoms with E-state index in [1.807, 2.05) is 32.9 Å². The van der Waals surface area contributed by atoms with Crippen molar-refractivity contribution in [3.05, 3.63) is 58.7 Å². The highest BCUT2D eigenvalue weighted by Crippen LogP contribution is 2.14. The van der Waals surface area contributed by atoms with Crippen LogP contribution < -0.4 is 0 Å². The number of aromatic nitrogens is 4. The van der Waals surface area contributed by atoms with Gasteiger partial charge in [-0.3, -0.25) is 9.59 Å². The molecular formula is C19H20N4O3. The lowest BCUT2D eigenvalue weighted by molar-refractivity contribution is -0.141. The normalized spacial score (nSPS) is 10.9. The summed E-state index contributed by atoms with van der Waals surface area (Å²) >= 11 is 0. The van der Waals surface area contributed by atoms with E-state index in [1.165, 1.54) is 6.33 Å². The Bertz CT molecular complexity index is 961. The van der Waals surface area contributed by atoms with E-state index < -0.39 is 5.97 Å². The quantitative estimate of drug-likeness (QED) is 0.500. The molecule has 0 aliphatic rings. The van der Waals surface area contributed by atoms with E-state index in [4.69, 9.17) is 4.74 Å². The molecule has 7 nitrogen and oxygen atoms in total. The fourth-order valence-corrected chi connectivity index (χ4v) is 2.76. The lowest BCUT2D eigenvalue weighted by Crippen LogP contribution is -2.17. The van der Waals surface area contributed by atoms with Crippen molar-refractivity contribution in [2.24, 2.45) is 0 Å². The summed E-state index contributed by atoms with van der Waals surface area (Å²) in [7, 11) is 0. The van der Waals surface area contributed by atoms with Crippen LogP contribution in [0.25, 0.3) is 5.78 Å². The van der Waals surface area contributed by atoms with Crippen LogP contribution in [0, 0.1) is 13.8 Å². The molecular weight excluding hydrogens is 332 g/mol. The molecule has 0 saturated carbocycles. The van der Waals surface area contributed by atoms with Gasteiger partial charge in [-0.2, -0.15) is 10.1 Å². The number of ketones is 1. The third-order valence-corrected chi connectivity index (χ3v) is 4.36. The van der Waals surface area contributed by atoms with Gasteiger partial charge in [0.15, 0.2) is 12.4 Å². The van der Waals surface area contributed by atoms with E-state index in [0.717, 1.165) is 23.2 Å². The monoisotopic (exact) mass is 352 g/mol. The number of aryl methyl sites for hydroxylation is 3. The van der Waals surface area contributed by atoms with Gasteiger partial charge in [0.05, 0.1) is 6.42 Å². The molecule has 1 aromatic carbocycles. The van der Waals surface area contributed by atoms with Gasteiger partial charge in [0, 0.05) is 22.5 Å². The van der Waals surface area contributed by atoms with E-state index in [1.54, 1.807) is 16.6 Å². The summed E-state index contributed by atoms with van der Waals surface area (Å²) in [4.78, 5) is 32.7. The van der Waals surface area contributed by atoms with Crippen LogP contribution in [0.4, 0.5) is 0 Å². The minimum atomic E-state index is -0.476. The maximum Gasteiger partial charge on any atom is 0.310 e. The molecule has 26 heavy (non-hydrogen) atoms. The van der Waals surface area contributed by atoms with Gasteiger partial charge < -0.3 is 4.74 Å². The average Bonchev–Trinajstić information content (AvgIpc) is 3.11. The molecule has 0 aliphatic heterocycles. The maximum atomic E-state index is 12.2. The van der Waals surface area contributed by atoms with Crippen LogP contribution in [0.1, 0.15) is 39.8 Å². The number of benzene rings is 1. The van der Waals surface area contributed by atoms with Crippen molar-refractivity contribution in [3.63, 3.8) is 0 Å². The number of fused-ring (bicyclic) bond motifs is 1. The molecule has 0 unspecified atom stereocenters. The largest absolute Gasteiger partial charge is 0.457 e. The van der Waals surface area contributed by atoms with Crippen LogP contribution in [-0.4, -0.2) is 37.9 Å². The Labute approximate surface area is 151 Å². The first-order valence-corrected chi connectivity index (χ1v) is 8.43. The number of Topliss-reactive ketones (excluding diaryl/α,β-unsaturated/α-hetero) is 1. The van der Waals surface area contributed by atoms with Crippen molar-refractivity contribution in [2.75, 3.05) is 6.61 Å². The number of ether oxygens (including phenoxy) is 1. The van der Waals surface area contributed by atoms with Gasteiger partial charge in [0.2, 0.25) is 0 Å². The summed E-state index contributed by atoms with van der Waals surface area (Å²) in [5.74, 6) is -0.210. The summed E-state index contributed by atoms with van der Waals surface area (Å²) in [6, 6.07) is 7.32. The standard InChI is InChI=1S/C19H20N4O3/c1-4-14-5-7-15(8-6-14)17(24)10-26-18(25)9-16-12(2)22-19-20-11-21-23(19)13(16)3/h5-8,11H,4,9-10H2,1-3H3. The molecule has 2 aromatic heterocycles. The van der Waals surface area contributed by atoms with E-state index >= 15 is 0 Å². The molecule has 3 rings (SSSR count). The van der Waals surface area contributed by atoms with Crippen LogP contribution in [0.3, 0.4) is 0 Å². The minimum absolute atomic E-state index is 0.0303. The van der Waals surface area contributed by atoms with Crippen molar-refractivity contribution in [1.82, 2.24) is 19.6 Å². The highest BCUT2D eigenvalue weighted by Gasteiger charge is 2.16. The number of carbonyl (C=O) groups excluding carboxylic acids is 2. The minimum Gasteiger partial charge on any atom is -0.457 e. The fraction of sp³-hybridized carbons (Fsp3) is 0.316. The Balaban J connectivity index is 1.64. The maximum absolute atomic E-state index is 12.2. The van der Waals surface area contributed by atoms with E-state index in [0.29, 0.717) is 17.0 Å². The van der Waals surface area contributed by atoms with Gasteiger partial charge in [0.25, 0.3) is 5.78 Å². The second-order valence-corrected chi connectivity index (χ2v) is 6.04. The van der Waals surface area contributed by atoms with E-state index in [-0.39, 0.29) is 18.8 Å². The molecule has 134 valence electrons. The van der Waals surface area contributed by atoms with Gasteiger partial charge in [-0.25, -0.2) is 9.50 Å². The van der Waals surface area contributed by atoms with E-state index in [2.05, 4.69) is 15.1 Å². The topological polar surface area (TPSA) is 86.5 Å². The number of hydrogen-bond donors (Lipinski definition) is 0. The Morgan fingerprint density at radius 2 is 1.88 bits per heavy atom. The summed E-state index contributed by atoms with van der Waals surface area (Å²) in [5, 5.41) is 4.09.